The van der Waals surface area contributed by atoms with Crippen molar-refractivity contribution in [1.29, 1.82) is 0 Å². The third-order valence-electron chi connectivity index (χ3n) is 5.72. The van der Waals surface area contributed by atoms with Gasteiger partial charge in [0.1, 0.15) is 24.8 Å². The lowest BCUT2D eigenvalue weighted by molar-refractivity contribution is -0.169. The van der Waals surface area contributed by atoms with E-state index >= 15 is 0 Å². The second-order valence-electron chi connectivity index (χ2n) is 7.96. The SMILES string of the molecule is CC(N=[P+]([O-])Oc1ccccc1OC[C@H]1O[C@@H](n2ccc(N)nc2=O)C2(CC2)[C@@H]1O)C(=O)O. The highest BCUT2D eigenvalue weighted by atomic mass is 31.1. The summed E-state index contributed by atoms with van der Waals surface area (Å²) in [6.45, 7) is 1.21. The Bertz CT molecular complexity index is 1140. The number of aliphatic hydroxyl groups is 1. The molecule has 13 heteroatoms. The van der Waals surface area contributed by atoms with E-state index in [1.165, 1.54) is 29.8 Å². The largest absolute Gasteiger partial charge is 0.575 e. The van der Waals surface area contributed by atoms with E-state index in [1.54, 1.807) is 18.2 Å². The number of ether oxygens (including phenoxy) is 2. The van der Waals surface area contributed by atoms with Crippen molar-refractivity contribution in [3.8, 4) is 11.5 Å². The normalized spacial score (nSPS) is 24.5. The first-order valence-corrected chi connectivity index (χ1v) is 11.3. The lowest BCUT2D eigenvalue weighted by atomic mass is 9.96. The fourth-order valence-corrected chi connectivity index (χ4v) is 4.52. The third-order valence-corrected chi connectivity index (χ3v) is 6.61. The molecule has 1 aromatic carbocycles. The van der Waals surface area contributed by atoms with Crippen LogP contribution in [0.15, 0.2) is 46.1 Å². The summed E-state index contributed by atoms with van der Waals surface area (Å²) in [7, 11) is -2.65. The Morgan fingerprint density at radius 1 is 1.42 bits per heavy atom. The van der Waals surface area contributed by atoms with Crippen LogP contribution in [0.1, 0.15) is 26.0 Å². The van der Waals surface area contributed by atoms with Gasteiger partial charge in [0, 0.05) is 11.6 Å². The number of hydrogen-bond acceptors (Lipinski definition) is 10. The number of carboxylic acids is 1. The molecule has 0 radical (unpaired) electrons. The smallest absolute Gasteiger partial charge is 0.395 e. The van der Waals surface area contributed by atoms with Crippen molar-refractivity contribution in [2.24, 2.45) is 10.2 Å². The molecule has 12 nitrogen and oxygen atoms in total. The summed E-state index contributed by atoms with van der Waals surface area (Å²) in [4.78, 5) is 39.0. The van der Waals surface area contributed by atoms with Gasteiger partial charge in [-0.1, -0.05) is 16.9 Å². The Morgan fingerprint density at radius 2 is 2.12 bits per heavy atom. The molecule has 4 rings (SSSR count). The molecule has 1 spiro atoms. The maximum atomic E-state index is 12.3. The molecule has 2 heterocycles. The minimum absolute atomic E-state index is 0.0730. The molecule has 2 aliphatic rings. The van der Waals surface area contributed by atoms with Crippen LogP contribution in [-0.4, -0.2) is 50.6 Å². The lowest BCUT2D eigenvalue weighted by Crippen LogP contribution is -2.34. The van der Waals surface area contributed by atoms with Crippen LogP contribution < -0.4 is 25.6 Å². The summed E-state index contributed by atoms with van der Waals surface area (Å²) in [6, 6.07) is 6.66. The molecule has 4 N–H and O–H groups in total. The van der Waals surface area contributed by atoms with E-state index in [-0.39, 0.29) is 23.9 Å². The van der Waals surface area contributed by atoms with Crippen LogP contribution in [0.4, 0.5) is 5.82 Å². The highest BCUT2D eigenvalue weighted by molar-refractivity contribution is 7.34. The number of nitrogens with zero attached hydrogens (tertiary/aromatic N) is 3. The van der Waals surface area contributed by atoms with Crippen LogP contribution in [-0.2, 0) is 9.53 Å². The van der Waals surface area contributed by atoms with Gasteiger partial charge >= 0.3 is 19.8 Å². The molecule has 0 bridgehead atoms. The molecule has 1 aliphatic carbocycles. The molecule has 1 saturated carbocycles. The average molecular weight is 478 g/mol. The highest BCUT2D eigenvalue weighted by Gasteiger charge is 2.64. The fourth-order valence-electron chi connectivity index (χ4n) is 3.77. The van der Waals surface area contributed by atoms with Crippen LogP contribution in [0.5, 0.6) is 11.5 Å². The average Bonchev–Trinajstić information content (AvgIpc) is 3.52. The summed E-state index contributed by atoms with van der Waals surface area (Å²) in [5, 5.41) is 19.8. The zero-order valence-electron chi connectivity index (χ0n) is 17.6. The summed E-state index contributed by atoms with van der Waals surface area (Å²) in [5.74, 6) is -0.810. The van der Waals surface area contributed by atoms with E-state index in [9.17, 15) is 19.6 Å². The van der Waals surface area contributed by atoms with Crippen LogP contribution in [0.3, 0.4) is 0 Å². The van der Waals surface area contributed by atoms with E-state index in [1.807, 2.05) is 0 Å². The highest BCUT2D eigenvalue weighted by Crippen LogP contribution is 2.62. The molecule has 33 heavy (non-hydrogen) atoms. The van der Waals surface area contributed by atoms with Gasteiger partial charge in [-0.05, 0) is 38.0 Å². The summed E-state index contributed by atoms with van der Waals surface area (Å²) >= 11 is 0. The predicted molar refractivity (Wildman–Crippen MR) is 114 cm³/mol. The quantitative estimate of drug-likeness (QED) is 0.456. The monoisotopic (exact) mass is 478 g/mol. The van der Waals surface area contributed by atoms with Gasteiger partial charge in [0.2, 0.25) is 5.75 Å². The Hall–Kier alpha value is -3.05. The van der Waals surface area contributed by atoms with Crippen molar-refractivity contribution in [1.82, 2.24) is 9.55 Å². The number of aliphatic hydroxyl groups excluding tert-OH is 1. The fraction of sp³-hybridized carbons (Fsp3) is 0.450. The molecule has 2 fully saturated rings. The van der Waals surface area contributed by atoms with Gasteiger partial charge in [0.15, 0.2) is 11.8 Å². The first kappa shape index (κ1) is 23.1. The number of hydrogen-bond donors (Lipinski definition) is 3. The molecule has 1 saturated heterocycles. The van der Waals surface area contributed by atoms with Crippen LogP contribution in [0, 0.1) is 5.41 Å². The Morgan fingerprint density at radius 3 is 2.76 bits per heavy atom. The Balaban J connectivity index is 1.47. The van der Waals surface area contributed by atoms with E-state index in [4.69, 9.17) is 24.8 Å². The standard InChI is InChI=1S/C20H23N4O8P/c1-11(17(26)27)23-33(29)32-13-5-3-2-4-12(13)30-10-14-16(25)20(7-8-20)18(31-14)24-9-6-15(21)22-19(24)28/h2-6,9,11,14,16,18,25H,7-8,10H2,1H3,(H,26,27)(H2,21,22,28)/t11?,14-,16-,18-/m1/s1. The molecular formula is C20H23N4O8P. The maximum absolute atomic E-state index is 12.3. The van der Waals surface area contributed by atoms with Crippen molar-refractivity contribution >= 4 is 20.0 Å². The Labute approximate surface area is 189 Å². The van der Waals surface area contributed by atoms with Gasteiger partial charge < -0.3 is 30.3 Å². The summed E-state index contributed by atoms with van der Waals surface area (Å²) in [6.07, 6.45) is 0.500. The zero-order chi connectivity index (χ0) is 23.8. The number of anilines is 1. The minimum Gasteiger partial charge on any atom is -0.575 e. The van der Waals surface area contributed by atoms with Gasteiger partial charge in [-0.2, -0.15) is 4.98 Å². The van der Waals surface area contributed by atoms with Gasteiger partial charge in [0.25, 0.3) is 0 Å². The van der Waals surface area contributed by atoms with Crippen molar-refractivity contribution in [3.05, 3.63) is 47.0 Å². The van der Waals surface area contributed by atoms with E-state index in [0.717, 1.165) is 0 Å². The van der Waals surface area contributed by atoms with Crippen LogP contribution in [0.2, 0.25) is 0 Å². The van der Waals surface area contributed by atoms with E-state index in [0.29, 0.717) is 12.8 Å². The number of nitrogen functional groups attached to an aromatic ring is 1. The number of benzene rings is 1. The van der Waals surface area contributed by atoms with Gasteiger partial charge in [0.05, 0.1) is 6.10 Å². The first-order valence-electron chi connectivity index (χ1n) is 10.2. The van der Waals surface area contributed by atoms with Crippen LogP contribution in [0.25, 0.3) is 0 Å². The van der Waals surface area contributed by atoms with Crippen molar-refractivity contribution in [2.75, 3.05) is 12.3 Å². The number of nitrogens with two attached hydrogens (primary N) is 1. The third kappa shape index (κ3) is 4.69. The summed E-state index contributed by atoms with van der Waals surface area (Å²) in [5.41, 5.74) is 4.38. The van der Waals surface area contributed by atoms with Crippen molar-refractivity contribution in [2.45, 2.75) is 44.2 Å². The number of carboxylic acid groups (broad SMARTS) is 1. The lowest BCUT2D eigenvalue weighted by Gasteiger charge is -2.20. The number of aromatic nitrogens is 2. The molecular weight excluding hydrogens is 455 g/mol. The molecule has 5 atom stereocenters. The number of carbonyl (C=O) groups is 1. The van der Waals surface area contributed by atoms with E-state index < -0.39 is 49.7 Å². The van der Waals surface area contributed by atoms with Gasteiger partial charge in [-0.3, -0.25) is 9.09 Å². The molecule has 176 valence electrons. The topological polar surface area (TPSA) is 182 Å². The predicted octanol–water partition coefficient (Wildman–Crippen LogP) is 0.651. The first-order chi connectivity index (χ1) is 15.7. The summed E-state index contributed by atoms with van der Waals surface area (Å²) < 4.78 is 21.9. The second-order valence-corrected chi connectivity index (χ2v) is 8.85. The van der Waals surface area contributed by atoms with Crippen molar-refractivity contribution in [3.63, 3.8) is 0 Å². The molecule has 0 amide bonds. The second kappa shape index (κ2) is 9.06. The number of rotatable bonds is 8. The Kier molecular flexibility index (Phi) is 6.35. The zero-order valence-corrected chi connectivity index (χ0v) is 18.5. The molecule has 2 unspecified atom stereocenters. The van der Waals surface area contributed by atoms with Gasteiger partial charge in [-0.25, -0.2) is 9.59 Å². The van der Waals surface area contributed by atoms with Crippen molar-refractivity contribution < 1.29 is 33.9 Å². The van der Waals surface area contributed by atoms with Gasteiger partial charge in [-0.15, -0.1) is 0 Å². The minimum atomic E-state index is -2.65. The molecule has 1 aromatic heterocycles. The maximum Gasteiger partial charge on any atom is 0.395 e. The van der Waals surface area contributed by atoms with Crippen LogP contribution >= 0.6 is 8.17 Å². The molecule has 2 aromatic rings. The number of para-hydroxylation sites is 2. The van der Waals surface area contributed by atoms with E-state index in [2.05, 4.69) is 9.73 Å². The number of aliphatic carboxylic acids is 1. The molecule has 1 aliphatic heterocycles.